The molecule has 3 aromatic rings. The molecule has 3 aromatic heterocycles. The first-order valence-electron chi connectivity index (χ1n) is 4.91. The van der Waals surface area contributed by atoms with Crippen LogP contribution in [0.1, 0.15) is 5.69 Å². The van der Waals surface area contributed by atoms with E-state index in [1.165, 1.54) is 11.3 Å². The van der Waals surface area contributed by atoms with E-state index in [1.54, 1.807) is 0 Å². The van der Waals surface area contributed by atoms with Gasteiger partial charge in [0.05, 0.1) is 22.3 Å². The molecule has 0 aliphatic heterocycles. The van der Waals surface area contributed by atoms with Gasteiger partial charge in [0.15, 0.2) is 5.13 Å². The van der Waals surface area contributed by atoms with Gasteiger partial charge in [-0.1, -0.05) is 17.4 Å². The van der Waals surface area contributed by atoms with Crippen LogP contribution in [-0.4, -0.2) is 14.6 Å². The van der Waals surface area contributed by atoms with Gasteiger partial charge in [-0.2, -0.15) is 5.10 Å². The summed E-state index contributed by atoms with van der Waals surface area (Å²) in [5.74, 6) is 0. The molecule has 0 amide bonds. The van der Waals surface area contributed by atoms with Gasteiger partial charge in [-0.15, -0.1) is 0 Å². The molecule has 0 aliphatic carbocycles. The largest absolute Gasteiger partial charge is 0.375 e. The Labute approximate surface area is 96.4 Å². The Bertz CT molecular complexity index is 653. The van der Waals surface area contributed by atoms with E-state index in [-0.39, 0.29) is 0 Å². The highest BCUT2D eigenvalue weighted by Crippen LogP contribution is 2.33. The molecule has 16 heavy (non-hydrogen) atoms. The van der Waals surface area contributed by atoms with Crippen molar-refractivity contribution >= 4 is 22.0 Å². The van der Waals surface area contributed by atoms with Gasteiger partial charge in [-0.25, -0.2) is 9.50 Å². The summed E-state index contributed by atoms with van der Waals surface area (Å²) >= 11 is 1.50. The first-order valence-corrected chi connectivity index (χ1v) is 5.73. The van der Waals surface area contributed by atoms with Gasteiger partial charge in [0.25, 0.3) is 0 Å². The molecule has 0 aliphatic rings. The second kappa shape index (κ2) is 3.31. The second-order valence-corrected chi connectivity index (χ2v) is 4.59. The van der Waals surface area contributed by atoms with Crippen molar-refractivity contribution in [3.05, 3.63) is 36.3 Å². The van der Waals surface area contributed by atoms with Crippen molar-refractivity contribution < 1.29 is 0 Å². The number of pyridine rings is 1. The van der Waals surface area contributed by atoms with Crippen molar-refractivity contribution in [3.8, 4) is 10.4 Å². The van der Waals surface area contributed by atoms with Gasteiger partial charge in [0, 0.05) is 11.8 Å². The Kier molecular flexibility index (Phi) is 1.94. The fourth-order valence-electron chi connectivity index (χ4n) is 1.78. The molecule has 0 radical (unpaired) electrons. The Morgan fingerprint density at radius 3 is 3.00 bits per heavy atom. The molecule has 0 fully saturated rings. The van der Waals surface area contributed by atoms with Crippen LogP contribution in [-0.2, 0) is 0 Å². The van der Waals surface area contributed by atoms with E-state index in [0.717, 1.165) is 21.7 Å². The highest BCUT2D eigenvalue weighted by Gasteiger charge is 2.12. The normalized spacial score (nSPS) is 11.1. The summed E-state index contributed by atoms with van der Waals surface area (Å²) < 4.78 is 1.85. The van der Waals surface area contributed by atoms with Gasteiger partial charge in [-0.3, -0.25) is 0 Å². The van der Waals surface area contributed by atoms with Gasteiger partial charge < -0.3 is 5.73 Å². The lowest BCUT2D eigenvalue weighted by molar-refractivity contribution is 0.961. The lowest BCUT2D eigenvalue weighted by Crippen LogP contribution is -1.83. The van der Waals surface area contributed by atoms with Crippen molar-refractivity contribution in [2.75, 3.05) is 5.73 Å². The zero-order valence-electron chi connectivity index (χ0n) is 8.71. The predicted octanol–water partition coefficient (Wildman–Crippen LogP) is 2.35. The van der Waals surface area contributed by atoms with Crippen LogP contribution in [0.15, 0.2) is 30.6 Å². The first kappa shape index (κ1) is 9.35. The minimum atomic E-state index is 0.600. The summed E-state index contributed by atoms with van der Waals surface area (Å²) in [5, 5.41) is 4.90. The Balaban J connectivity index is 2.30. The maximum absolute atomic E-state index is 5.71. The molecule has 3 heterocycles. The van der Waals surface area contributed by atoms with Crippen LogP contribution < -0.4 is 5.73 Å². The van der Waals surface area contributed by atoms with Crippen LogP contribution in [0.25, 0.3) is 16.0 Å². The average Bonchev–Trinajstić information content (AvgIpc) is 2.81. The topological polar surface area (TPSA) is 56.2 Å². The first-order chi connectivity index (χ1) is 7.75. The maximum Gasteiger partial charge on any atom is 0.180 e. The molecule has 3 rings (SSSR count). The summed E-state index contributed by atoms with van der Waals surface area (Å²) in [6, 6.07) is 6.00. The van der Waals surface area contributed by atoms with E-state index in [2.05, 4.69) is 10.1 Å². The zero-order valence-corrected chi connectivity index (χ0v) is 9.53. The summed E-state index contributed by atoms with van der Waals surface area (Å²) in [6.45, 7) is 1.97. The minimum absolute atomic E-state index is 0.600. The highest BCUT2D eigenvalue weighted by molar-refractivity contribution is 7.19. The molecule has 4 nitrogen and oxygen atoms in total. The van der Waals surface area contributed by atoms with Crippen LogP contribution in [0, 0.1) is 6.92 Å². The quantitative estimate of drug-likeness (QED) is 0.698. The summed E-state index contributed by atoms with van der Waals surface area (Å²) in [4.78, 5) is 5.33. The van der Waals surface area contributed by atoms with Crippen LogP contribution in [0.5, 0.6) is 0 Å². The Morgan fingerprint density at radius 2 is 2.25 bits per heavy atom. The SMILES string of the molecule is Cc1nc(N)sc1-c1cnn2ccccc12. The van der Waals surface area contributed by atoms with Crippen molar-refractivity contribution in [2.45, 2.75) is 6.92 Å². The van der Waals surface area contributed by atoms with Gasteiger partial charge in [0.1, 0.15) is 0 Å². The van der Waals surface area contributed by atoms with Gasteiger partial charge in [0.2, 0.25) is 0 Å². The lowest BCUT2D eigenvalue weighted by Gasteiger charge is -1.95. The fraction of sp³-hybridized carbons (Fsp3) is 0.0909. The zero-order chi connectivity index (χ0) is 11.1. The van der Waals surface area contributed by atoms with Crippen LogP contribution in [0.4, 0.5) is 5.13 Å². The minimum Gasteiger partial charge on any atom is -0.375 e. The summed E-state index contributed by atoms with van der Waals surface area (Å²) in [5.41, 5.74) is 8.84. The number of nitrogens with zero attached hydrogens (tertiary/aromatic N) is 3. The third kappa shape index (κ3) is 1.29. The molecule has 80 valence electrons. The summed E-state index contributed by atoms with van der Waals surface area (Å²) in [6.07, 6.45) is 3.79. The van der Waals surface area contributed by atoms with E-state index in [9.17, 15) is 0 Å². The number of fused-ring (bicyclic) bond motifs is 1. The second-order valence-electron chi connectivity index (χ2n) is 3.56. The van der Waals surface area contributed by atoms with Crippen LogP contribution >= 0.6 is 11.3 Å². The van der Waals surface area contributed by atoms with E-state index in [0.29, 0.717) is 5.13 Å². The number of thiazole rings is 1. The Hall–Kier alpha value is -1.88. The molecule has 5 heteroatoms. The van der Waals surface area contributed by atoms with Gasteiger partial charge in [-0.05, 0) is 19.1 Å². The fourth-order valence-corrected chi connectivity index (χ4v) is 2.63. The van der Waals surface area contributed by atoms with Crippen LogP contribution in [0.3, 0.4) is 0 Å². The molecule has 0 saturated carbocycles. The molecular weight excluding hydrogens is 220 g/mol. The number of rotatable bonds is 1. The molecule has 0 unspecified atom stereocenters. The number of nitrogens with two attached hydrogens (primary N) is 1. The smallest absolute Gasteiger partial charge is 0.180 e. The Morgan fingerprint density at radius 1 is 1.38 bits per heavy atom. The number of nitrogen functional groups attached to an aromatic ring is 1. The number of hydrogen-bond donors (Lipinski definition) is 1. The van der Waals surface area contributed by atoms with E-state index < -0.39 is 0 Å². The highest BCUT2D eigenvalue weighted by atomic mass is 32.1. The number of aryl methyl sites for hydroxylation is 1. The van der Waals surface area contributed by atoms with E-state index >= 15 is 0 Å². The van der Waals surface area contributed by atoms with E-state index in [4.69, 9.17) is 5.73 Å². The van der Waals surface area contributed by atoms with Crippen LogP contribution in [0.2, 0.25) is 0 Å². The number of anilines is 1. The molecule has 2 N–H and O–H groups in total. The summed E-state index contributed by atoms with van der Waals surface area (Å²) in [7, 11) is 0. The van der Waals surface area contributed by atoms with Gasteiger partial charge >= 0.3 is 0 Å². The number of aromatic nitrogens is 3. The average molecular weight is 230 g/mol. The molecule has 0 aromatic carbocycles. The number of hydrogen-bond acceptors (Lipinski definition) is 4. The van der Waals surface area contributed by atoms with Crippen molar-refractivity contribution in [1.82, 2.24) is 14.6 Å². The monoisotopic (exact) mass is 230 g/mol. The molecule has 0 atom stereocenters. The predicted molar refractivity (Wildman–Crippen MR) is 65.4 cm³/mol. The third-order valence-corrected chi connectivity index (χ3v) is 3.50. The molecule has 0 spiro atoms. The maximum atomic E-state index is 5.71. The molecule has 0 saturated heterocycles. The van der Waals surface area contributed by atoms with E-state index in [1.807, 2.05) is 42.0 Å². The standard InChI is InChI=1S/C11H10N4S/c1-7-10(16-11(12)14-7)8-6-13-15-5-3-2-4-9(8)15/h2-6H,1H3,(H2,12,14). The van der Waals surface area contributed by atoms with Crippen molar-refractivity contribution in [1.29, 1.82) is 0 Å². The lowest BCUT2D eigenvalue weighted by atomic mass is 10.2. The molecular formula is C11H10N4S. The third-order valence-electron chi connectivity index (χ3n) is 2.48. The van der Waals surface area contributed by atoms with Crippen molar-refractivity contribution in [2.24, 2.45) is 0 Å². The van der Waals surface area contributed by atoms with Crippen molar-refractivity contribution in [3.63, 3.8) is 0 Å². The molecule has 0 bridgehead atoms.